The maximum atomic E-state index is 10.3. The fraction of sp³-hybridized carbons (Fsp3) is 0.120. The molecule has 2 aromatic heterocycles. The van der Waals surface area contributed by atoms with Gasteiger partial charge >= 0.3 is 0 Å². The van der Waals surface area contributed by atoms with E-state index in [1.807, 2.05) is 24.3 Å². The summed E-state index contributed by atoms with van der Waals surface area (Å²) in [6, 6.07) is 24.3. The molecule has 2 heterocycles. The number of phenolic OH excluding ortho intramolecular Hbond substituents is 1. The van der Waals surface area contributed by atoms with Crippen molar-refractivity contribution < 1.29 is 5.11 Å². The number of aromatic hydroxyl groups is 1. The lowest BCUT2D eigenvalue weighted by Gasteiger charge is -2.11. The quantitative estimate of drug-likeness (QED) is 0.442. The van der Waals surface area contributed by atoms with Gasteiger partial charge in [-0.15, -0.1) is 0 Å². The molecule has 0 bridgehead atoms. The molecule has 1 N–H and O–H groups in total. The van der Waals surface area contributed by atoms with Crippen molar-refractivity contribution in [2.45, 2.75) is 20.4 Å². The molecule has 4 heteroatoms. The van der Waals surface area contributed by atoms with E-state index in [0.717, 1.165) is 27.9 Å². The van der Waals surface area contributed by atoms with E-state index in [1.165, 1.54) is 16.7 Å². The van der Waals surface area contributed by atoms with Crippen molar-refractivity contribution in [2.75, 3.05) is 0 Å². The van der Waals surface area contributed by atoms with Crippen molar-refractivity contribution in [3.63, 3.8) is 0 Å². The molecule has 0 aliphatic rings. The molecule has 0 aliphatic carbocycles. The highest BCUT2D eigenvalue weighted by Crippen LogP contribution is 2.29. The van der Waals surface area contributed by atoms with E-state index < -0.39 is 0 Å². The van der Waals surface area contributed by atoms with Crippen molar-refractivity contribution in [2.24, 2.45) is 0 Å². The van der Waals surface area contributed by atoms with E-state index in [2.05, 4.69) is 60.9 Å². The van der Waals surface area contributed by atoms with Gasteiger partial charge in [0, 0.05) is 11.9 Å². The van der Waals surface area contributed by atoms with Gasteiger partial charge in [-0.25, -0.2) is 9.97 Å². The van der Waals surface area contributed by atoms with Crippen molar-refractivity contribution in [3.05, 3.63) is 89.5 Å². The predicted octanol–water partition coefficient (Wildman–Crippen LogP) is 5.62. The van der Waals surface area contributed by atoms with Gasteiger partial charge in [0.05, 0.1) is 11.0 Å². The van der Waals surface area contributed by atoms with Gasteiger partial charge in [0.15, 0.2) is 5.82 Å². The highest BCUT2D eigenvalue weighted by molar-refractivity contribution is 5.87. The molecule has 5 rings (SSSR count). The summed E-state index contributed by atoms with van der Waals surface area (Å²) >= 11 is 0. The van der Waals surface area contributed by atoms with Crippen molar-refractivity contribution >= 4 is 21.9 Å². The number of para-hydroxylation sites is 1. The fourth-order valence-electron chi connectivity index (χ4n) is 3.84. The summed E-state index contributed by atoms with van der Waals surface area (Å²) in [5, 5.41) is 11.2. The van der Waals surface area contributed by atoms with Gasteiger partial charge in [0.1, 0.15) is 17.0 Å². The molecule has 0 aliphatic heterocycles. The average molecular weight is 379 g/mol. The Morgan fingerprint density at radius 1 is 0.828 bits per heavy atom. The summed E-state index contributed by atoms with van der Waals surface area (Å²) in [4.78, 5) is 9.67. The minimum absolute atomic E-state index is 0.182. The van der Waals surface area contributed by atoms with Crippen LogP contribution in [0.5, 0.6) is 5.75 Å². The second-order valence-corrected chi connectivity index (χ2v) is 7.55. The van der Waals surface area contributed by atoms with Crippen LogP contribution >= 0.6 is 0 Å². The molecule has 0 spiro atoms. The molecule has 3 aromatic carbocycles. The number of aromatic nitrogens is 3. The van der Waals surface area contributed by atoms with Crippen LogP contribution in [0.1, 0.15) is 16.7 Å². The number of nitrogens with zero attached hydrogens (tertiary/aromatic N) is 3. The minimum atomic E-state index is 0.182. The lowest BCUT2D eigenvalue weighted by molar-refractivity contribution is 0.480. The van der Waals surface area contributed by atoms with Gasteiger partial charge in [-0.05, 0) is 49.2 Å². The van der Waals surface area contributed by atoms with Gasteiger partial charge in [-0.2, -0.15) is 0 Å². The van der Waals surface area contributed by atoms with Crippen LogP contribution < -0.4 is 0 Å². The van der Waals surface area contributed by atoms with Gasteiger partial charge in [-0.3, -0.25) is 0 Å². The molecule has 0 unspecified atom stereocenters. The second kappa shape index (κ2) is 6.74. The van der Waals surface area contributed by atoms with Crippen LogP contribution in [-0.2, 0) is 6.54 Å². The summed E-state index contributed by atoms with van der Waals surface area (Å²) in [5.74, 6) is 0.985. The van der Waals surface area contributed by atoms with Gasteiger partial charge in [-0.1, -0.05) is 54.1 Å². The van der Waals surface area contributed by atoms with Crippen LogP contribution in [0.15, 0.2) is 72.8 Å². The lowest BCUT2D eigenvalue weighted by atomic mass is 10.1. The van der Waals surface area contributed by atoms with E-state index in [0.29, 0.717) is 12.1 Å². The molecule has 0 saturated heterocycles. The second-order valence-electron chi connectivity index (χ2n) is 7.55. The molecule has 142 valence electrons. The summed E-state index contributed by atoms with van der Waals surface area (Å²) in [6.07, 6.45) is 0. The van der Waals surface area contributed by atoms with E-state index >= 15 is 0 Å². The summed E-state index contributed by atoms with van der Waals surface area (Å²) < 4.78 is 2.21. The maximum Gasteiger partial charge on any atom is 0.160 e. The zero-order valence-corrected chi connectivity index (χ0v) is 16.4. The first kappa shape index (κ1) is 17.4. The number of aryl methyl sites for hydroxylation is 2. The molecule has 0 amide bonds. The Hall–Kier alpha value is -3.66. The first-order valence-corrected chi connectivity index (χ1v) is 9.70. The van der Waals surface area contributed by atoms with Crippen molar-refractivity contribution in [3.8, 4) is 17.3 Å². The summed E-state index contributed by atoms with van der Waals surface area (Å²) in [6.45, 7) is 4.88. The van der Waals surface area contributed by atoms with Crippen LogP contribution in [0.3, 0.4) is 0 Å². The number of phenols is 1. The van der Waals surface area contributed by atoms with Gasteiger partial charge < -0.3 is 9.67 Å². The number of pyridine rings is 1. The maximum absolute atomic E-state index is 10.3. The fourth-order valence-corrected chi connectivity index (χ4v) is 3.84. The van der Waals surface area contributed by atoms with E-state index in [-0.39, 0.29) is 5.75 Å². The number of rotatable bonds is 3. The molecular formula is C25H21N3O. The highest BCUT2D eigenvalue weighted by Gasteiger charge is 2.15. The largest absolute Gasteiger partial charge is 0.506 e. The molecule has 29 heavy (non-hydrogen) atoms. The van der Waals surface area contributed by atoms with Crippen LogP contribution in [-0.4, -0.2) is 19.6 Å². The van der Waals surface area contributed by atoms with Gasteiger partial charge in [0.25, 0.3) is 0 Å². The monoisotopic (exact) mass is 379 g/mol. The topological polar surface area (TPSA) is 50.9 Å². The Labute approximate surface area is 169 Å². The zero-order chi connectivity index (χ0) is 20.0. The zero-order valence-electron chi connectivity index (χ0n) is 16.4. The van der Waals surface area contributed by atoms with Crippen molar-refractivity contribution in [1.82, 2.24) is 14.5 Å². The third-order valence-electron chi connectivity index (χ3n) is 5.25. The van der Waals surface area contributed by atoms with Crippen LogP contribution in [0.2, 0.25) is 0 Å². The molecule has 4 nitrogen and oxygen atoms in total. The Balaban J connectivity index is 1.73. The number of fused-ring (bicyclic) bond motifs is 2. The first-order valence-electron chi connectivity index (χ1n) is 9.70. The van der Waals surface area contributed by atoms with Crippen LogP contribution in [0.25, 0.3) is 33.5 Å². The predicted molar refractivity (Wildman–Crippen MR) is 117 cm³/mol. The Kier molecular flexibility index (Phi) is 4.06. The minimum Gasteiger partial charge on any atom is -0.506 e. The number of hydrogen-bond acceptors (Lipinski definition) is 3. The van der Waals surface area contributed by atoms with Gasteiger partial charge in [0.2, 0.25) is 0 Å². The van der Waals surface area contributed by atoms with E-state index in [1.54, 1.807) is 6.07 Å². The smallest absolute Gasteiger partial charge is 0.160 e. The molecule has 0 fully saturated rings. The third kappa shape index (κ3) is 3.13. The Morgan fingerprint density at radius 2 is 1.66 bits per heavy atom. The lowest BCUT2D eigenvalue weighted by Crippen LogP contribution is -2.03. The molecule has 0 saturated carbocycles. The van der Waals surface area contributed by atoms with Crippen LogP contribution in [0.4, 0.5) is 0 Å². The summed E-state index contributed by atoms with van der Waals surface area (Å²) in [7, 11) is 0. The number of benzene rings is 3. The standard InChI is InChI=1S/C25H21N3O/c1-16-5-3-6-18(13-16)15-28-22-12-9-17(2)14-21(22)27-25(28)20-11-10-19-7-4-8-23(29)24(19)26-20/h3-14,29H,15H2,1-2H3. The molecular weight excluding hydrogens is 358 g/mol. The molecule has 0 atom stereocenters. The molecule has 5 aromatic rings. The van der Waals surface area contributed by atoms with Crippen LogP contribution in [0, 0.1) is 13.8 Å². The average Bonchev–Trinajstić information content (AvgIpc) is 3.05. The third-order valence-corrected chi connectivity index (χ3v) is 5.25. The highest BCUT2D eigenvalue weighted by atomic mass is 16.3. The Bertz CT molecular complexity index is 1370. The Morgan fingerprint density at radius 3 is 2.52 bits per heavy atom. The number of hydrogen-bond donors (Lipinski definition) is 1. The summed E-state index contributed by atoms with van der Waals surface area (Å²) in [5.41, 5.74) is 7.00. The first-order chi connectivity index (χ1) is 14.1. The molecule has 0 radical (unpaired) electrons. The SMILES string of the molecule is Cc1cccc(Cn2c(-c3ccc4cccc(O)c4n3)nc3cc(C)ccc32)c1. The van der Waals surface area contributed by atoms with E-state index in [9.17, 15) is 5.11 Å². The normalized spacial score (nSPS) is 11.4. The number of imidazole rings is 1. The van der Waals surface area contributed by atoms with Crippen molar-refractivity contribution in [1.29, 1.82) is 0 Å². The van der Waals surface area contributed by atoms with E-state index in [4.69, 9.17) is 9.97 Å².